The van der Waals surface area contributed by atoms with Crippen LogP contribution in [0.2, 0.25) is 0 Å². The van der Waals surface area contributed by atoms with Crippen LogP contribution in [0.25, 0.3) is 0 Å². The number of rotatable bonds is 5. The zero-order chi connectivity index (χ0) is 20.4. The summed E-state index contributed by atoms with van der Waals surface area (Å²) in [7, 11) is 0. The Morgan fingerprint density at radius 3 is 2.41 bits per heavy atom. The SMILES string of the molecule is CC.CC(C)(C)OC(=O)N1CCCC(C(OCC(N)=O)c2ccccc2)C1. The van der Waals surface area contributed by atoms with Crippen LogP contribution < -0.4 is 5.73 Å². The molecule has 1 aliphatic heterocycles. The molecule has 1 saturated heterocycles. The number of hydrogen-bond donors (Lipinski definition) is 1. The Labute approximate surface area is 163 Å². The van der Waals surface area contributed by atoms with E-state index in [9.17, 15) is 9.59 Å². The fourth-order valence-electron chi connectivity index (χ4n) is 3.07. The molecule has 6 nitrogen and oxygen atoms in total. The van der Waals surface area contributed by atoms with Crippen molar-refractivity contribution < 1.29 is 19.1 Å². The molecule has 0 spiro atoms. The van der Waals surface area contributed by atoms with Gasteiger partial charge in [-0.2, -0.15) is 0 Å². The average molecular weight is 379 g/mol. The Hall–Kier alpha value is -2.08. The zero-order valence-electron chi connectivity index (χ0n) is 17.2. The molecule has 0 saturated carbocycles. The van der Waals surface area contributed by atoms with Gasteiger partial charge in [-0.3, -0.25) is 4.79 Å². The van der Waals surface area contributed by atoms with Gasteiger partial charge in [-0.1, -0.05) is 44.2 Å². The van der Waals surface area contributed by atoms with Crippen LogP contribution in [0.3, 0.4) is 0 Å². The first-order chi connectivity index (χ1) is 12.8. The number of benzene rings is 1. The van der Waals surface area contributed by atoms with Gasteiger partial charge in [0.15, 0.2) is 0 Å². The number of carbonyl (C=O) groups is 2. The minimum Gasteiger partial charge on any atom is -0.444 e. The second kappa shape index (κ2) is 10.9. The van der Waals surface area contributed by atoms with Crippen molar-refractivity contribution in [1.82, 2.24) is 4.90 Å². The highest BCUT2D eigenvalue weighted by Crippen LogP contribution is 2.33. The summed E-state index contributed by atoms with van der Waals surface area (Å²) in [5.41, 5.74) is 5.71. The number of hydrogen-bond acceptors (Lipinski definition) is 4. The highest BCUT2D eigenvalue weighted by atomic mass is 16.6. The Balaban J connectivity index is 0.00000176. The predicted octanol–water partition coefficient (Wildman–Crippen LogP) is 3.90. The lowest BCUT2D eigenvalue weighted by atomic mass is 9.88. The molecular weight excluding hydrogens is 344 g/mol. The van der Waals surface area contributed by atoms with E-state index in [4.69, 9.17) is 15.2 Å². The number of carbonyl (C=O) groups excluding carboxylic acids is 2. The van der Waals surface area contributed by atoms with Crippen molar-refractivity contribution in [3.8, 4) is 0 Å². The predicted molar refractivity (Wildman–Crippen MR) is 106 cm³/mol. The van der Waals surface area contributed by atoms with E-state index in [2.05, 4.69) is 0 Å². The molecule has 1 heterocycles. The standard InChI is InChI=1S/C19H28N2O4.C2H6/c1-19(2,3)25-18(23)21-11-7-10-15(12-21)17(24-13-16(20)22)14-8-5-4-6-9-14;1-2/h4-6,8-9,15,17H,7,10-13H2,1-3H3,(H2,20,22);1-2H3. The molecule has 27 heavy (non-hydrogen) atoms. The van der Waals surface area contributed by atoms with Crippen LogP contribution in [0, 0.1) is 5.92 Å². The lowest BCUT2D eigenvalue weighted by Gasteiger charge is -2.37. The van der Waals surface area contributed by atoms with E-state index in [1.165, 1.54) is 0 Å². The van der Waals surface area contributed by atoms with E-state index < -0.39 is 11.5 Å². The van der Waals surface area contributed by atoms with Crippen molar-refractivity contribution in [3.63, 3.8) is 0 Å². The first-order valence-corrected chi connectivity index (χ1v) is 9.69. The third-order valence-electron chi connectivity index (χ3n) is 4.07. The van der Waals surface area contributed by atoms with Crippen molar-refractivity contribution in [1.29, 1.82) is 0 Å². The van der Waals surface area contributed by atoms with Crippen molar-refractivity contribution in [3.05, 3.63) is 35.9 Å². The van der Waals surface area contributed by atoms with Crippen molar-refractivity contribution in [2.45, 2.75) is 59.2 Å². The average Bonchev–Trinajstić information content (AvgIpc) is 2.63. The van der Waals surface area contributed by atoms with Gasteiger partial charge in [-0.15, -0.1) is 0 Å². The van der Waals surface area contributed by atoms with E-state index in [0.29, 0.717) is 13.1 Å². The smallest absolute Gasteiger partial charge is 0.410 e. The van der Waals surface area contributed by atoms with Crippen LogP contribution in [-0.4, -0.2) is 42.2 Å². The third kappa shape index (κ3) is 7.99. The van der Waals surface area contributed by atoms with Crippen LogP contribution in [0.15, 0.2) is 30.3 Å². The lowest BCUT2D eigenvalue weighted by molar-refractivity contribution is -0.126. The molecule has 0 bridgehead atoms. The van der Waals surface area contributed by atoms with Gasteiger partial charge < -0.3 is 20.1 Å². The summed E-state index contributed by atoms with van der Waals surface area (Å²) in [5.74, 6) is -0.413. The molecule has 1 aliphatic rings. The second-order valence-electron chi connectivity index (χ2n) is 7.44. The molecule has 152 valence electrons. The van der Waals surface area contributed by atoms with Gasteiger partial charge in [-0.05, 0) is 39.2 Å². The van der Waals surface area contributed by atoms with Crippen LogP contribution in [-0.2, 0) is 14.3 Å². The zero-order valence-corrected chi connectivity index (χ0v) is 17.2. The summed E-state index contributed by atoms with van der Waals surface area (Å²) in [5, 5.41) is 0. The second-order valence-corrected chi connectivity index (χ2v) is 7.44. The highest BCUT2D eigenvalue weighted by Gasteiger charge is 2.33. The van der Waals surface area contributed by atoms with E-state index >= 15 is 0 Å². The molecule has 2 amide bonds. The third-order valence-corrected chi connectivity index (χ3v) is 4.07. The molecule has 2 unspecified atom stereocenters. The summed E-state index contributed by atoms with van der Waals surface area (Å²) >= 11 is 0. The molecule has 2 atom stereocenters. The maximum absolute atomic E-state index is 12.4. The largest absolute Gasteiger partial charge is 0.444 e. The van der Waals surface area contributed by atoms with Crippen LogP contribution in [0.1, 0.15) is 59.1 Å². The maximum Gasteiger partial charge on any atom is 0.410 e. The monoisotopic (exact) mass is 378 g/mol. The van der Waals surface area contributed by atoms with E-state index in [-0.39, 0.29) is 24.7 Å². The minimum absolute atomic E-state index is 0.0861. The van der Waals surface area contributed by atoms with Gasteiger partial charge in [0.1, 0.15) is 12.2 Å². The Kier molecular flexibility index (Phi) is 9.29. The fraction of sp³-hybridized carbons (Fsp3) is 0.619. The molecular formula is C21H34N2O4. The highest BCUT2D eigenvalue weighted by molar-refractivity contribution is 5.75. The summed E-state index contributed by atoms with van der Waals surface area (Å²) in [6.45, 7) is 10.6. The van der Waals surface area contributed by atoms with E-state index in [0.717, 1.165) is 18.4 Å². The van der Waals surface area contributed by atoms with Crippen LogP contribution in [0.5, 0.6) is 0 Å². The van der Waals surface area contributed by atoms with Gasteiger partial charge in [0.25, 0.3) is 0 Å². The quantitative estimate of drug-likeness (QED) is 0.842. The van der Waals surface area contributed by atoms with Gasteiger partial charge in [-0.25, -0.2) is 4.79 Å². The summed E-state index contributed by atoms with van der Waals surface area (Å²) in [4.78, 5) is 25.3. The normalized spacial score (nSPS) is 18.1. The van der Waals surface area contributed by atoms with Crippen LogP contribution in [0.4, 0.5) is 4.79 Å². The lowest BCUT2D eigenvalue weighted by Crippen LogP contribution is -2.44. The number of nitrogens with zero attached hydrogens (tertiary/aromatic N) is 1. The number of nitrogens with two attached hydrogens (primary N) is 1. The number of likely N-dealkylation sites (tertiary alicyclic amines) is 1. The van der Waals surface area contributed by atoms with Gasteiger partial charge in [0.05, 0.1) is 6.10 Å². The van der Waals surface area contributed by atoms with Crippen molar-refractivity contribution in [2.24, 2.45) is 11.7 Å². The Morgan fingerprint density at radius 1 is 1.22 bits per heavy atom. The topological polar surface area (TPSA) is 81.9 Å². The number of amides is 2. The summed E-state index contributed by atoms with van der Waals surface area (Å²) < 4.78 is 11.3. The molecule has 6 heteroatoms. The van der Waals surface area contributed by atoms with E-state index in [1.807, 2.05) is 65.0 Å². The van der Waals surface area contributed by atoms with Gasteiger partial charge in [0, 0.05) is 19.0 Å². The molecule has 2 N–H and O–H groups in total. The molecule has 0 aromatic heterocycles. The van der Waals surface area contributed by atoms with Gasteiger partial charge >= 0.3 is 6.09 Å². The minimum atomic E-state index is -0.522. The van der Waals surface area contributed by atoms with Crippen molar-refractivity contribution in [2.75, 3.05) is 19.7 Å². The molecule has 1 aromatic rings. The Bertz CT molecular complexity index is 584. The number of ether oxygens (including phenoxy) is 2. The fourth-order valence-corrected chi connectivity index (χ4v) is 3.07. The molecule has 1 fully saturated rings. The molecule has 1 aromatic carbocycles. The van der Waals surface area contributed by atoms with Crippen molar-refractivity contribution >= 4 is 12.0 Å². The number of primary amides is 1. The molecule has 0 radical (unpaired) electrons. The summed E-state index contributed by atoms with van der Waals surface area (Å²) in [6, 6.07) is 9.74. The molecule has 0 aliphatic carbocycles. The first kappa shape index (κ1) is 23.0. The first-order valence-electron chi connectivity index (χ1n) is 9.69. The van der Waals surface area contributed by atoms with E-state index in [1.54, 1.807) is 4.90 Å². The Morgan fingerprint density at radius 2 is 1.85 bits per heavy atom. The molecule has 2 rings (SSSR count). The summed E-state index contributed by atoms with van der Waals surface area (Å²) in [6.07, 6.45) is 1.20. The van der Waals surface area contributed by atoms with Crippen LogP contribution >= 0.6 is 0 Å². The van der Waals surface area contributed by atoms with Gasteiger partial charge in [0.2, 0.25) is 5.91 Å². The maximum atomic E-state index is 12.4. The number of piperidine rings is 1.